The van der Waals surface area contributed by atoms with E-state index >= 15 is 0 Å². The highest BCUT2D eigenvalue weighted by Gasteiger charge is 2.21. The molecule has 2 aliphatic rings. The fourth-order valence-electron chi connectivity index (χ4n) is 3.88. The van der Waals surface area contributed by atoms with Gasteiger partial charge in [-0.2, -0.15) is 0 Å². The van der Waals surface area contributed by atoms with Gasteiger partial charge >= 0.3 is 0 Å². The summed E-state index contributed by atoms with van der Waals surface area (Å²) in [5.74, 6) is 1.88. The van der Waals surface area contributed by atoms with Crippen LogP contribution in [0.3, 0.4) is 0 Å². The van der Waals surface area contributed by atoms with E-state index in [1.54, 1.807) is 0 Å². The lowest BCUT2D eigenvalue weighted by Gasteiger charge is -2.31. The summed E-state index contributed by atoms with van der Waals surface area (Å²) in [6.45, 7) is 4.89. The van der Waals surface area contributed by atoms with Crippen molar-refractivity contribution in [2.45, 2.75) is 32.1 Å². The molecule has 4 rings (SSSR count). The molecule has 2 aromatic carbocycles. The van der Waals surface area contributed by atoms with Gasteiger partial charge in [0.2, 0.25) is 0 Å². The second-order valence-electron chi connectivity index (χ2n) is 7.57. The first-order chi connectivity index (χ1) is 12.8. The number of nitrogens with zero attached hydrogens (tertiary/aromatic N) is 1. The van der Waals surface area contributed by atoms with Crippen molar-refractivity contribution in [1.82, 2.24) is 10.2 Å². The molecule has 2 saturated heterocycles. The zero-order valence-electron chi connectivity index (χ0n) is 15.4. The lowest BCUT2D eigenvalue weighted by Crippen LogP contribution is -2.41. The third-order valence-corrected chi connectivity index (χ3v) is 5.63. The fourth-order valence-corrected chi connectivity index (χ4v) is 3.88. The van der Waals surface area contributed by atoms with Crippen LogP contribution in [0.5, 0.6) is 5.75 Å². The van der Waals surface area contributed by atoms with E-state index in [2.05, 4.69) is 17.4 Å². The number of rotatable bonds is 6. The monoisotopic (exact) mass is 352 g/mol. The average molecular weight is 352 g/mol. The van der Waals surface area contributed by atoms with E-state index in [1.165, 1.54) is 25.8 Å². The van der Waals surface area contributed by atoms with E-state index in [0.29, 0.717) is 0 Å². The van der Waals surface area contributed by atoms with Gasteiger partial charge in [-0.1, -0.05) is 12.1 Å². The molecular formula is C22H28N2O2. The summed E-state index contributed by atoms with van der Waals surface area (Å²) < 4.78 is 5.95. The van der Waals surface area contributed by atoms with Crippen molar-refractivity contribution in [3.63, 3.8) is 0 Å². The van der Waals surface area contributed by atoms with Gasteiger partial charge in [0.05, 0.1) is 6.61 Å². The maximum atomic E-state index is 12.3. The number of carbonyl (C=O) groups is 1. The van der Waals surface area contributed by atoms with Gasteiger partial charge in [0.15, 0.2) is 0 Å². The van der Waals surface area contributed by atoms with E-state index < -0.39 is 0 Å². The van der Waals surface area contributed by atoms with E-state index in [4.69, 9.17) is 4.74 Å². The van der Waals surface area contributed by atoms with Crippen molar-refractivity contribution in [3.8, 4) is 5.75 Å². The predicted octanol–water partition coefficient (Wildman–Crippen LogP) is 3.84. The Balaban J connectivity index is 1.32. The van der Waals surface area contributed by atoms with Crippen LogP contribution in [0.2, 0.25) is 0 Å². The smallest absolute Gasteiger partial charge is 0.253 e. The fraction of sp³-hybridized carbons (Fsp3) is 0.500. The number of benzene rings is 2. The number of hydrogen-bond donors (Lipinski definition) is 1. The Bertz CT molecular complexity index is 764. The Hall–Kier alpha value is -2.07. The van der Waals surface area contributed by atoms with Gasteiger partial charge < -0.3 is 15.0 Å². The summed E-state index contributed by atoms with van der Waals surface area (Å²) in [5.41, 5.74) is 0.784. The topological polar surface area (TPSA) is 41.6 Å². The maximum absolute atomic E-state index is 12.3. The molecule has 1 atom stereocenters. The van der Waals surface area contributed by atoms with Gasteiger partial charge in [-0.05, 0) is 86.1 Å². The largest absolute Gasteiger partial charge is 0.494 e. The van der Waals surface area contributed by atoms with Gasteiger partial charge in [0, 0.05) is 18.7 Å². The molecule has 4 nitrogen and oxygen atoms in total. The molecule has 2 aromatic rings. The standard InChI is InChI=1S/C22H28N2O2/c25-22(24-11-3-12-24)20-7-6-19-15-21(9-8-18(19)14-20)26-13-2-5-17-4-1-10-23-16-17/h6-9,14-15,17,23H,1-5,10-13,16H2. The molecule has 0 radical (unpaired) electrons. The van der Waals surface area contributed by atoms with Crippen LogP contribution in [0, 0.1) is 5.92 Å². The van der Waals surface area contributed by atoms with Gasteiger partial charge in [0.25, 0.3) is 5.91 Å². The van der Waals surface area contributed by atoms with Crippen LogP contribution in [-0.2, 0) is 0 Å². The normalized spacial score (nSPS) is 20.0. The quantitative estimate of drug-likeness (QED) is 0.803. The third-order valence-electron chi connectivity index (χ3n) is 5.63. The summed E-state index contributed by atoms with van der Waals surface area (Å²) in [7, 11) is 0. The maximum Gasteiger partial charge on any atom is 0.253 e. The molecule has 1 amide bonds. The Labute approximate surface area is 155 Å². The molecular weight excluding hydrogens is 324 g/mol. The zero-order chi connectivity index (χ0) is 17.8. The molecule has 1 unspecified atom stereocenters. The van der Waals surface area contributed by atoms with Gasteiger partial charge in [-0.3, -0.25) is 4.79 Å². The molecule has 0 aliphatic carbocycles. The molecule has 2 fully saturated rings. The Morgan fingerprint density at radius 2 is 1.96 bits per heavy atom. The summed E-state index contributed by atoms with van der Waals surface area (Å²) in [6, 6.07) is 12.1. The number of fused-ring (bicyclic) bond motifs is 1. The SMILES string of the molecule is O=C(c1ccc2cc(OCCCC3CCCNC3)ccc2c1)N1CCC1. The number of ether oxygens (including phenoxy) is 1. The summed E-state index contributed by atoms with van der Waals surface area (Å²) >= 11 is 0. The van der Waals surface area contributed by atoms with Crippen molar-refractivity contribution < 1.29 is 9.53 Å². The molecule has 4 heteroatoms. The van der Waals surface area contributed by atoms with Crippen molar-refractivity contribution >= 4 is 16.7 Å². The third kappa shape index (κ3) is 4.01. The highest BCUT2D eigenvalue weighted by molar-refractivity contribution is 5.99. The molecule has 138 valence electrons. The Morgan fingerprint density at radius 1 is 1.12 bits per heavy atom. The predicted molar refractivity (Wildman–Crippen MR) is 105 cm³/mol. The molecule has 2 aliphatic heterocycles. The van der Waals surface area contributed by atoms with Crippen LogP contribution in [0.25, 0.3) is 10.8 Å². The molecule has 26 heavy (non-hydrogen) atoms. The summed E-state index contributed by atoms with van der Waals surface area (Å²) in [5, 5.41) is 5.69. The van der Waals surface area contributed by atoms with Crippen LogP contribution >= 0.6 is 0 Å². The minimum Gasteiger partial charge on any atom is -0.494 e. The van der Waals surface area contributed by atoms with Crippen LogP contribution in [-0.4, -0.2) is 43.6 Å². The first-order valence-electron chi connectivity index (χ1n) is 9.96. The van der Waals surface area contributed by atoms with E-state index in [0.717, 1.165) is 67.1 Å². The Kier molecular flexibility index (Phi) is 5.40. The summed E-state index contributed by atoms with van der Waals surface area (Å²) in [4.78, 5) is 14.2. The molecule has 2 heterocycles. The summed E-state index contributed by atoms with van der Waals surface area (Å²) in [6.07, 6.45) is 6.12. The van der Waals surface area contributed by atoms with Gasteiger partial charge in [0.1, 0.15) is 5.75 Å². The van der Waals surface area contributed by atoms with E-state index in [-0.39, 0.29) is 5.91 Å². The average Bonchev–Trinajstić information content (AvgIpc) is 2.64. The Morgan fingerprint density at radius 3 is 2.73 bits per heavy atom. The first-order valence-corrected chi connectivity index (χ1v) is 9.96. The number of hydrogen-bond acceptors (Lipinski definition) is 3. The second kappa shape index (κ2) is 8.09. The lowest BCUT2D eigenvalue weighted by molar-refractivity contribution is 0.0652. The minimum atomic E-state index is 0.149. The molecule has 0 aromatic heterocycles. The number of likely N-dealkylation sites (tertiary alicyclic amines) is 1. The van der Waals surface area contributed by atoms with Crippen molar-refractivity contribution in [3.05, 3.63) is 42.0 Å². The highest BCUT2D eigenvalue weighted by Crippen LogP contribution is 2.24. The first kappa shape index (κ1) is 17.3. The van der Waals surface area contributed by atoms with Crippen LogP contribution in [0.15, 0.2) is 36.4 Å². The van der Waals surface area contributed by atoms with Crippen molar-refractivity contribution in [2.75, 3.05) is 32.8 Å². The highest BCUT2D eigenvalue weighted by atomic mass is 16.5. The van der Waals surface area contributed by atoms with E-state index in [1.807, 2.05) is 29.2 Å². The van der Waals surface area contributed by atoms with Crippen LogP contribution in [0.4, 0.5) is 0 Å². The van der Waals surface area contributed by atoms with Crippen LogP contribution in [0.1, 0.15) is 42.5 Å². The molecule has 0 saturated carbocycles. The van der Waals surface area contributed by atoms with Gasteiger partial charge in [-0.25, -0.2) is 0 Å². The van der Waals surface area contributed by atoms with Crippen molar-refractivity contribution in [1.29, 1.82) is 0 Å². The molecule has 1 N–H and O–H groups in total. The lowest BCUT2D eigenvalue weighted by atomic mass is 9.95. The van der Waals surface area contributed by atoms with Gasteiger partial charge in [-0.15, -0.1) is 0 Å². The zero-order valence-corrected chi connectivity index (χ0v) is 15.4. The van der Waals surface area contributed by atoms with Crippen molar-refractivity contribution in [2.24, 2.45) is 5.92 Å². The number of piperidine rings is 1. The number of nitrogens with one attached hydrogen (secondary N) is 1. The van der Waals surface area contributed by atoms with E-state index in [9.17, 15) is 4.79 Å². The molecule has 0 bridgehead atoms. The minimum absolute atomic E-state index is 0.149. The number of carbonyl (C=O) groups excluding carboxylic acids is 1. The number of amides is 1. The molecule has 0 spiro atoms. The second-order valence-corrected chi connectivity index (χ2v) is 7.57. The van der Waals surface area contributed by atoms with Crippen LogP contribution < -0.4 is 10.1 Å².